The first-order valence-corrected chi connectivity index (χ1v) is 10.2. The Kier molecular flexibility index (Phi) is 4.40. The maximum absolute atomic E-state index is 13.4. The van der Waals surface area contributed by atoms with Gasteiger partial charge in [-0.25, -0.2) is 8.42 Å². The van der Waals surface area contributed by atoms with Crippen molar-refractivity contribution in [3.05, 3.63) is 35.2 Å². The normalized spacial score (nSPS) is 17.3. The van der Waals surface area contributed by atoms with Crippen LogP contribution in [0.3, 0.4) is 0 Å². The highest BCUT2D eigenvalue weighted by Gasteiger charge is 2.37. The molecule has 140 valence electrons. The van der Waals surface area contributed by atoms with Crippen molar-refractivity contribution in [2.24, 2.45) is 0 Å². The second kappa shape index (κ2) is 6.59. The lowest BCUT2D eigenvalue weighted by Crippen LogP contribution is -2.38. The molecule has 0 amide bonds. The third-order valence-corrected chi connectivity index (χ3v) is 7.19. The van der Waals surface area contributed by atoms with Crippen LogP contribution in [0.1, 0.15) is 42.7 Å². The summed E-state index contributed by atoms with van der Waals surface area (Å²) in [6, 6.07) is 5.55. The molecular weight excluding hydrogens is 356 g/mol. The zero-order valence-electron chi connectivity index (χ0n) is 14.9. The molecule has 1 saturated carbocycles. The Morgan fingerprint density at radius 1 is 1.15 bits per heavy atom. The summed E-state index contributed by atoms with van der Waals surface area (Å²) in [6.07, 6.45) is 3.82. The van der Waals surface area contributed by atoms with E-state index in [1.807, 2.05) is 18.2 Å². The average molecular weight is 378 g/mol. The summed E-state index contributed by atoms with van der Waals surface area (Å²) >= 11 is 0. The molecule has 4 rings (SSSR count). The number of aryl methyl sites for hydroxylation is 2. The molecule has 2 heterocycles. The summed E-state index contributed by atoms with van der Waals surface area (Å²) in [5.41, 5.74) is 1.27. The molecule has 1 aromatic carbocycles. The van der Waals surface area contributed by atoms with Gasteiger partial charge >= 0.3 is 0 Å². The summed E-state index contributed by atoms with van der Waals surface area (Å²) in [5, 5.41) is 3.83. The van der Waals surface area contributed by atoms with Gasteiger partial charge in [-0.1, -0.05) is 24.1 Å². The number of benzene rings is 1. The maximum Gasteiger partial charge on any atom is 0.249 e. The van der Waals surface area contributed by atoms with E-state index in [9.17, 15) is 8.42 Å². The van der Waals surface area contributed by atoms with Crippen molar-refractivity contribution >= 4 is 10.0 Å². The molecule has 1 aromatic heterocycles. The number of hydrogen-bond donors (Lipinski definition) is 0. The Morgan fingerprint density at radius 2 is 1.88 bits per heavy atom. The average Bonchev–Trinajstić information content (AvgIpc) is 3.33. The number of hydrogen-bond acceptors (Lipinski definition) is 6. The summed E-state index contributed by atoms with van der Waals surface area (Å²) < 4.78 is 44.3. The van der Waals surface area contributed by atoms with Crippen LogP contribution in [0, 0.1) is 13.8 Å². The number of ether oxygens (including phenoxy) is 2. The quantitative estimate of drug-likeness (QED) is 0.795. The van der Waals surface area contributed by atoms with E-state index in [-0.39, 0.29) is 24.3 Å². The Hall–Kier alpha value is -2.06. The third-order valence-electron chi connectivity index (χ3n) is 5.04. The fourth-order valence-corrected chi connectivity index (χ4v) is 5.75. The van der Waals surface area contributed by atoms with E-state index in [1.54, 1.807) is 18.2 Å². The number of aromatic nitrogens is 1. The Balaban J connectivity index is 1.71. The number of nitrogens with zero attached hydrogens (tertiary/aromatic N) is 2. The van der Waals surface area contributed by atoms with Crippen molar-refractivity contribution in [1.29, 1.82) is 0 Å². The molecule has 0 unspecified atom stereocenters. The lowest BCUT2D eigenvalue weighted by Gasteiger charge is -2.28. The topological polar surface area (TPSA) is 81.9 Å². The Bertz CT molecular complexity index is 896. The first-order valence-electron chi connectivity index (χ1n) is 8.80. The van der Waals surface area contributed by atoms with Crippen LogP contribution >= 0.6 is 0 Å². The minimum atomic E-state index is -3.71. The van der Waals surface area contributed by atoms with Gasteiger partial charge < -0.3 is 14.0 Å². The predicted octanol–water partition coefficient (Wildman–Crippen LogP) is 3.15. The smallest absolute Gasteiger partial charge is 0.249 e. The van der Waals surface area contributed by atoms with E-state index < -0.39 is 10.0 Å². The van der Waals surface area contributed by atoms with Gasteiger partial charge in [-0.05, 0) is 44.4 Å². The fourth-order valence-electron chi connectivity index (χ4n) is 3.78. The number of fused-ring (bicyclic) bond motifs is 1. The predicted molar refractivity (Wildman–Crippen MR) is 93.5 cm³/mol. The van der Waals surface area contributed by atoms with Gasteiger partial charge in [0.15, 0.2) is 17.3 Å². The van der Waals surface area contributed by atoms with E-state index in [0.717, 1.165) is 31.2 Å². The molecule has 8 heteroatoms. The molecule has 2 aromatic rings. The summed E-state index contributed by atoms with van der Waals surface area (Å²) in [7, 11) is -3.71. The Morgan fingerprint density at radius 3 is 2.58 bits per heavy atom. The molecule has 1 aliphatic carbocycles. The van der Waals surface area contributed by atoms with E-state index >= 15 is 0 Å². The zero-order valence-corrected chi connectivity index (χ0v) is 15.7. The molecule has 0 atom stereocenters. The lowest BCUT2D eigenvalue weighted by atomic mass is 10.1. The van der Waals surface area contributed by atoms with Crippen molar-refractivity contribution in [3.63, 3.8) is 0 Å². The highest BCUT2D eigenvalue weighted by atomic mass is 32.2. The van der Waals surface area contributed by atoms with Crippen LogP contribution in [0.5, 0.6) is 11.5 Å². The van der Waals surface area contributed by atoms with Gasteiger partial charge in [0.1, 0.15) is 10.6 Å². The van der Waals surface area contributed by atoms with Crippen LogP contribution in [0.25, 0.3) is 0 Å². The summed E-state index contributed by atoms with van der Waals surface area (Å²) in [5.74, 6) is 1.68. The van der Waals surface area contributed by atoms with Crippen LogP contribution in [-0.2, 0) is 16.6 Å². The SMILES string of the molecule is Cc1noc(C)c1S(=O)(=O)N(Cc1ccc2c(c1)OCO2)C1CCCC1. The van der Waals surface area contributed by atoms with Gasteiger partial charge in [0, 0.05) is 12.6 Å². The Labute approximate surface area is 152 Å². The molecule has 0 N–H and O–H groups in total. The van der Waals surface area contributed by atoms with E-state index in [1.165, 1.54) is 0 Å². The minimum absolute atomic E-state index is 0.0147. The first kappa shape index (κ1) is 17.4. The second-order valence-electron chi connectivity index (χ2n) is 6.83. The van der Waals surface area contributed by atoms with E-state index in [2.05, 4.69) is 5.16 Å². The van der Waals surface area contributed by atoms with Crippen molar-refractivity contribution in [2.75, 3.05) is 6.79 Å². The monoisotopic (exact) mass is 378 g/mol. The van der Waals surface area contributed by atoms with E-state index in [0.29, 0.717) is 23.0 Å². The van der Waals surface area contributed by atoms with Gasteiger partial charge in [0.2, 0.25) is 16.8 Å². The molecule has 0 bridgehead atoms. The van der Waals surface area contributed by atoms with Crippen LogP contribution in [0.4, 0.5) is 0 Å². The molecule has 1 aliphatic heterocycles. The van der Waals surface area contributed by atoms with Crippen molar-refractivity contribution in [2.45, 2.75) is 57.0 Å². The van der Waals surface area contributed by atoms with Crippen LogP contribution in [-0.4, -0.2) is 30.7 Å². The van der Waals surface area contributed by atoms with Gasteiger partial charge in [-0.15, -0.1) is 0 Å². The highest BCUT2D eigenvalue weighted by Crippen LogP contribution is 2.36. The van der Waals surface area contributed by atoms with Crippen LogP contribution in [0.15, 0.2) is 27.6 Å². The standard InChI is InChI=1S/C18H22N2O5S/c1-12-18(13(2)25-19-12)26(21,22)20(15-5-3-4-6-15)10-14-7-8-16-17(9-14)24-11-23-16/h7-9,15H,3-6,10-11H2,1-2H3. The van der Waals surface area contributed by atoms with Gasteiger partial charge in [0.05, 0.1) is 0 Å². The number of sulfonamides is 1. The van der Waals surface area contributed by atoms with Crippen molar-refractivity contribution in [3.8, 4) is 11.5 Å². The third kappa shape index (κ3) is 2.97. The molecule has 2 aliphatic rings. The lowest BCUT2D eigenvalue weighted by molar-refractivity contribution is 0.174. The molecule has 26 heavy (non-hydrogen) atoms. The fraction of sp³-hybridized carbons (Fsp3) is 0.500. The molecule has 0 saturated heterocycles. The maximum atomic E-state index is 13.4. The second-order valence-corrected chi connectivity index (χ2v) is 8.66. The largest absolute Gasteiger partial charge is 0.454 e. The van der Waals surface area contributed by atoms with E-state index in [4.69, 9.17) is 14.0 Å². The molecule has 0 spiro atoms. The van der Waals surface area contributed by atoms with Crippen molar-refractivity contribution < 1.29 is 22.4 Å². The highest BCUT2D eigenvalue weighted by molar-refractivity contribution is 7.89. The molecular formula is C18H22N2O5S. The number of rotatable bonds is 5. The molecule has 0 radical (unpaired) electrons. The van der Waals surface area contributed by atoms with Crippen LogP contribution < -0.4 is 9.47 Å². The van der Waals surface area contributed by atoms with Crippen LogP contribution in [0.2, 0.25) is 0 Å². The van der Waals surface area contributed by atoms with Crippen molar-refractivity contribution in [1.82, 2.24) is 9.46 Å². The zero-order chi connectivity index (χ0) is 18.3. The molecule has 1 fully saturated rings. The van der Waals surface area contributed by atoms with Gasteiger partial charge in [0.25, 0.3) is 0 Å². The minimum Gasteiger partial charge on any atom is -0.454 e. The summed E-state index contributed by atoms with van der Waals surface area (Å²) in [4.78, 5) is 0.185. The van der Waals surface area contributed by atoms with Gasteiger partial charge in [-0.2, -0.15) is 4.31 Å². The first-order chi connectivity index (χ1) is 12.5. The van der Waals surface area contributed by atoms with Gasteiger partial charge in [-0.3, -0.25) is 0 Å². The molecule has 7 nitrogen and oxygen atoms in total. The summed E-state index contributed by atoms with van der Waals surface area (Å²) in [6.45, 7) is 3.78.